The van der Waals surface area contributed by atoms with Crippen molar-refractivity contribution in [3.8, 4) is 0 Å². The van der Waals surface area contributed by atoms with Crippen LogP contribution in [0.15, 0.2) is 0 Å². The van der Waals surface area contributed by atoms with Gasteiger partial charge in [0.2, 0.25) is 0 Å². The molecule has 0 aliphatic carbocycles. The van der Waals surface area contributed by atoms with Gasteiger partial charge in [-0.05, 0) is 0 Å². The summed E-state index contributed by atoms with van der Waals surface area (Å²) in [6.45, 7) is 0. The Kier molecular flexibility index (Phi) is 367. The zero-order valence-electron chi connectivity index (χ0n) is 2.13. The molecule has 5 heavy (non-hydrogen) atoms. The number of rotatable bonds is 0. The molecule has 0 bridgehead atoms. The van der Waals surface area contributed by atoms with Crippen molar-refractivity contribution in [3.05, 3.63) is 0 Å². The summed E-state index contributed by atoms with van der Waals surface area (Å²) in [6, 6.07) is 0. The fourth-order valence-corrected chi connectivity index (χ4v) is 0. The SMILES string of the molecule is [Cl-].[Cl-].[Cl-].[Ti+4].[Ti+4]. The van der Waals surface area contributed by atoms with Crippen LogP contribution >= 0.6 is 0 Å². The molecule has 0 fully saturated rings. The summed E-state index contributed by atoms with van der Waals surface area (Å²) >= 11 is 0. The van der Waals surface area contributed by atoms with E-state index in [0.29, 0.717) is 0 Å². The smallest absolute Gasteiger partial charge is 1.00 e. The Balaban J connectivity index is 0. The normalized spacial score (nSPS) is 0. The van der Waals surface area contributed by atoms with E-state index in [1.807, 2.05) is 0 Å². The molecule has 24 valence electrons. The summed E-state index contributed by atoms with van der Waals surface area (Å²) in [5.74, 6) is 0. The quantitative estimate of drug-likeness (QED) is 0.342. The van der Waals surface area contributed by atoms with Gasteiger partial charge in [0.1, 0.15) is 0 Å². The molecule has 0 N–H and O–H groups in total. The van der Waals surface area contributed by atoms with Gasteiger partial charge < -0.3 is 37.2 Å². The predicted molar refractivity (Wildman–Crippen MR) is 0 cm³/mol. The molecule has 0 heterocycles. The molecular weight excluding hydrogens is 202 g/mol. The molecule has 0 saturated carbocycles. The van der Waals surface area contributed by atoms with Crippen molar-refractivity contribution in [3.63, 3.8) is 0 Å². The average molecular weight is 202 g/mol. The van der Waals surface area contributed by atoms with Crippen LogP contribution in [0.3, 0.4) is 0 Å². The van der Waals surface area contributed by atoms with Gasteiger partial charge in [0.05, 0.1) is 0 Å². The molecule has 0 aliphatic rings. The van der Waals surface area contributed by atoms with Crippen LogP contribution in [0, 0.1) is 0 Å². The Morgan fingerprint density at radius 3 is 0.400 bits per heavy atom. The molecule has 0 aliphatic heterocycles. The second kappa shape index (κ2) is 33.5. The predicted octanol–water partition coefficient (Wildman–Crippen LogP) is -8.99. The van der Waals surface area contributed by atoms with E-state index >= 15 is 0 Å². The Morgan fingerprint density at radius 2 is 0.400 bits per heavy atom. The van der Waals surface area contributed by atoms with E-state index in [0.717, 1.165) is 0 Å². The Bertz CT molecular complexity index is 4.85. The van der Waals surface area contributed by atoms with Crippen LogP contribution in [-0.2, 0) is 43.4 Å². The standard InChI is InChI=1S/3ClH.2Ti/h3*1H;;/q;;;2*+4/p-3. The van der Waals surface area contributed by atoms with Gasteiger partial charge in [0, 0.05) is 0 Å². The topological polar surface area (TPSA) is 0 Å². The van der Waals surface area contributed by atoms with Gasteiger partial charge in [-0.3, -0.25) is 0 Å². The van der Waals surface area contributed by atoms with Crippen LogP contribution < -0.4 is 37.2 Å². The maximum Gasteiger partial charge on any atom is 4.00 e. The van der Waals surface area contributed by atoms with Crippen LogP contribution in [0.1, 0.15) is 0 Å². The monoisotopic (exact) mass is 201 g/mol. The molecule has 0 amide bonds. The number of hydrogen-bond acceptors (Lipinski definition) is 0. The molecule has 0 nitrogen and oxygen atoms in total. The first-order valence-electron chi connectivity index (χ1n) is 0. The van der Waals surface area contributed by atoms with E-state index in [1.165, 1.54) is 0 Å². The zero-order chi connectivity index (χ0) is 0. The van der Waals surface area contributed by atoms with E-state index in [9.17, 15) is 0 Å². The van der Waals surface area contributed by atoms with Crippen LogP contribution in [0.5, 0.6) is 0 Å². The minimum absolute atomic E-state index is 0. The Morgan fingerprint density at radius 1 is 0.400 bits per heavy atom. The second-order valence-electron chi connectivity index (χ2n) is 0. The van der Waals surface area contributed by atoms with Crippen molar-refractivity contribution >= 4 is 0 Å². The summed E-state index contributed by atoms with van der Waals surface area (Å²) in [6.07, 6.45) is 0. The fraction of sp³-hybridized carbons (Fsp3) is 0. The first kappa shape index (κ1) is 54.8. The summed E-state index contributed by atoms with van der Waals surface area (Å²) in [4.78, 5) is 0. The largest absolute Gasteiger partial charge is 4.00 e. The molecular formula is Cl3Ti2+5. The van der Waals surface area contributed by atoms with Crippen molar-refractivity contribution in [2.45, 2.75) is 0 Å². The van der Waals surface area contributed by atoms with Crippen molar-refractivity contribution < 1.29 is 80.7 Å². The number of halogens is 3. The Hall–Kier alpha value is 2.30. The van der Waals surface area contributed by atoms with E-state index in [4.69, 9.17) is 0 Å². The molecule has 5 heteroatoms. The minimum Gasteiger partial charge on any atom is -1.00 e. The maximum atomic E-state index is 0. The fourth-order valence-electron chi connectivity index (χ4n) is 0. The van der Waals surface area contributed by atoms with Crippen molar-refractivity contribution in [2.24, 2.45) is 0 Å². The maximum absolute atomic E-state index is 0. The zero-order valence-corrected chi connectivity index (χ0v) is 7.52. The molecule has 0 spiro atoms. The third-order valence-electron chi connectivity index (χ3n) is 0. The molecule has 0 aromatic carbocycles. The molecule has 0 radical (unpaired) electrons. The molecule has 0 aromatic rings. The summed E-state index contributed by atoms with van der Waals surface area (Å²) in [5, 5.41) is 0. The second-order valence-corrected chi connectivity index (χ2v) is 0. The molecule has 0 rings (SSSR count). The van der Waals surface area contributed by atoms with Crippen molar-refractivity contribution in [1.29, 1.82) is 0 Å². The van der Waals surface area contributed by atoms with Gasteiger partial charge in [0.25, 0.3) is 0 Å². The minimum atomic E-state index is 0. The first-order chi connectivity index (χ1) is 0. The molecule has 0 atom stereocenters. The van der Waals surface area contributed by atoms with Gasteiger partial charge in [-0.2, -0.15) is 0 Å². The van der Waals surface area contributed by atoms with Crippen molar-refractivity contribution in [2.75, 3.05) is 0 Å². The Labute approximate surface area is 79.8 Å². The van der Waals surface area contributed by atoms with Crippen LogP contribution in [0.2, 0.25) is 0 Å². The van der Waals surface area contributed by atoms with Crippen LogP contribution in [0.4, 0.5) is 0 Å². The third-order valence-corrected chi connectivity index (χ3v) is 0. The van der Waals surface area contributed by atoms with E-state index < -0.39 is 0 Å². The molecule has 0 aromatic heterocycles. The van der Waals surface area contributed by atoms with Gasteiger partial charge in [0.15, 0.2) is 0 Å². The van der Waals surface area contributed by atoms with E-state index in [1.54, 1.807) is 0 Å². The van der Waals surface area contributed by atoms with Crippen LogP contribution in [-0.4, -0.2) is 0 Å². The first-order valence-corrected chi connectivity index (χ1v) is 0. The van der Waals surface area contributed by atoms with Crippen molar-refractivity contribution in [1.82, 2.24) is 0 Å². The van der Waals surface area contributed by atoms with E-state index in [-0.39, 0.29) is 80.7 Å². The average Bonchev–Trinajstić information content (AvgIpc) is 0. The summed E-state index contributed by atoms with van der Waals surface area (Å²) in [7, 11) is 0. The van der Waals surface area contributed by atoms with E-state index in [2.05, 4.69) is 0 Å². The molecule has 0 saturated heterocycles. The molecule has 0 unspecified atom stereocenters. The summed E-state index contributed by atoms with van der Waals surface area (Å²) < 4.78 is 0. The number of hydrogen-bond donors (Lipinski definition) is 0. The summed E-state index contributed by atoms with van der Waals surface area (Å²) in [5.41, 5.74) is 0. The van der Waals surface area contributed by atoms with Crippen LogP contribution in [0.25, 0.3) is 0 Å². The third kappa shape index (κ3) is 22.0. The van der Waals surface area contributed by atoms with Gasteiger partial charge >= 0.3 is 43.4 Å². The van der Waals surface area contributed by atoms with Gasteiger partial charge in [-0.1, -0.05) is 0 Å². The van der Waals surface area contributed by atoms with Gasteiger partial charge in [-0.15, -0.1) is 0 Å². The van der Waals surface area contributed by atoms with Gasteiger partial charge in [-0.25, -0.2) is 0 Å².